The fourth-order valence-electron chi connectivity index (χ4n) is 2.89. The van der Waals surface area contributed by atoms with Gasteiger partial charge in [0.05, 0.1) is 12.7 Å². The Morgan fingerprint density at radius 3 is 2.33 bits per heavy atom. The van der Waals surface area contributed by atoms with Crippen molar-refractivity contribution in [2.75, 3.05) is 20.0 Å². The normalized spacial score (nSPS) is 18.2. The number of rotatable bonds is 4. The fraction of sp³-hybridized carbons (Fsp3) is 0.278. The van der Waals surface area contributed by atoms with Crippen LogP contribution in [0.3, 0.4) is 0 Å². The summed E-state index contributed by atoms with van der Waals surface area (Å²) in [5.74, 6) is 0.360. The lowest BCUT2D eigenvalue weighted by atomic mass is 9.92. The lowest BCUT2D eigenvalue weighted by molar-refractivity contribution is -0.134. The molecule has 126 valence electrons. The van der Waals surface area contributed by atoms with E-state index in [0.717, 1.165) is 16.7 Å². The van der Waals surface area contributed by atoms with Gasteiger partial charge in [-0.2, -0.15) is 0 Å². The first-order valence-electron chi connectivity index (χ1n) is 7.55. The van der Waals surface area contributed by atoms with E-state index in [4.69, 9.17) is 9.47 Å². The van der Waals surface area contributed by atoms with E-state index in [1.54, 1.807) is 31.4 Å². The number of sulfone groups is 1. The standard InChI is InChI=1S/C18H18O5S/c1-22-14-7-3-13(4-8-14)17-16(11-23-18(17)19)12-5-9-15(10-6-12)24(2,20)21/h3-5,7-9H,6,10-11H2,1-2H3. The third-order valence-electron chi connectivity index (χ3n) is 4.21. The molecule has 0 saturated carbocycles. The van der Waals surface area contributed by atoms with Crippen LogP contribution in [0.4, 0.5) is 0 Å². The minimum atomic E-state index is -3.17. The highest BCUT2D eigenvalue weighted by atomic mass is 32.2. The van der Waals surface area contributed by atoms with Crippen molar-refractivity contribution >= 4 is 21.4 Å². The second-order valence-corrected chi connectivity index (χ2v) is 7.82. The van der Waals surface area contributed by atoms with Gasteiger partial charge in [0.1, 0.15) is 12.4 Å². The van der Waals surface area contributed by atoms with Crippen molar-refractivity contribution in [1.82, 2.24) is 0 Å². The molecule has 0 spiro atoms. The lowest BCUT2D eigenvalue weighted by Gasteiger charge is -2.15. The minimum absolute atomic E-state index is 0.216. The molecule has 0 aromatic heterocycles. The highest BCUT2D eigenvalue weighted by Gasteiger charge is 2.29. The Labute approximate surface area is 141 Å². The molecule has 1 aliphatic carbocycles. The number of benzene rings is 1. The Bertz CT molecular complexity index is 870. The summed E-state index contributed by atoms with van der Waals surface area (Å²) in [5, 5.41) is 0. The summed E-state index contributed by atoms with van der Waals surface area (Å²) in [7, 11) is -1.58. The molecule has 0 bridgehead atoms. The highest BCUT2D eigenvalue weighted by molar-refractivity contribution is 7.94. The summed E-state index contributed by atoms with van der Waals surface area (Å²) in [6, 6.07) is 7.23. The maximum Gasteiger partial charge on any atom is 0.339 e. The first-order valence-corrected chi connectivity index (χ1v) is 9.44. The molecule has 0 radical (unpaired) electrons. The molecule has 24 heavy (non-hydrogen) atoms. The molecule has 0 amide bonds. The maximum absolute atomic E-state index is 12.2. The number of methoxy groups -OCH3 is 1. The first kappa shape index (κ1) is 16.5. The Morgan fingerprint density at radius 2 is 1.79 bits per heavy atom. The van der Waals surface area contributed by atoms with E-state index in [-0.39, 0.29) is 12.6 Å². The van der Waals surface area contributed by atoms with Crippen molar-refractivity contribution in [3.8, 4) is 5.75 Å². The topological polar surface area (TPSA) is 69.7 Å². The summed E-state index contributed by atoms with van der Waals surface area (Å²) >= 11 is 0. The molecule has 1 heterocycles. The summed E-state index contributed by atoms with van der Waals surface area (Å²) in [6.45, 7) is 0.216. The predicted molar refractivity (Wildman–Crippen MR) is 91.1 cm³/mol. The van der Waals surface area contributed by atoms with Crippen molar-refractivity contribution in [3.63, 3.8) is 0 Å². The van der Waals surface area contributed by atoms with Gasteiger partial charge in [0, 0.05) is 16.7 Å². The molecule has 0 unspecified atom stereocenters. The molecular formula is C18H18O5S. The largest absolute Gasteiger partial charge is 0.497 e. The zero-order chi connectivity index (χ0) is 17.3. The predicted octanol–water partition coefficient (Wildman–Crippen LogP) is 2.65. The molecule has 1 aromatic carbocycles. The molecule has 5 nitrogen and oxygen atoms in total. The number of hydrogen-bond acceptors (Lipinski definition) is 5. The molecule has 0 atom stereocenters. The second-order valence-electron chi connectivity index (χ2n) is 5.76. The molecule has 0 fully saturated rings. The quantitative estimate of drug-likeness (QED) is 0.784. The van der Waals surface area contributed by atoms with Crippen LogP contribution in [0.15, 0.2) is 52.5 Å². The third kappa shape index (κ3) is 3.14. The van der Waals surface area contributed by atoms with Gasteiger partial charge in [-0.3, -0.25) is 0 Å². The number of ether oxygens (including phenoxy) is 2. The molecule has 3 rings (SSSR count). The van der Waals surface area contributed by atoms with E-state index < -0.39 is 9.84 Å². The summed E-state index contributed by atoms with van der Waals surface area (Å²) in [4.78, 5) is 12.6. The van der Waals surface area contributed by atoms with Gasteiger partial charge in [-0.25, -0.2) is 13.2 Å². The van der Waals surface area contributed by atoms with Crippen LogP contribution in [-0.4, -0.2) is 34.4 Å². The van der Waals surface area contributed by atoms with Crippen LogP contribution in [0.5, 0.6) is 5.75 Å². The maximum atomic E-state index is 12.2. The van der Waals surface area contributed by atoms with Crippen molar-refractivity contribution in [2.24, 2.45) is 0 Å². The molecule has 1 aromatic rings. The second kappa shape index (κ2) is 6.28. The van der Waals surface area contributed by atoms with Crippen LogP contribution in [0.25, 0.3) is 5.57 Å². The van der Waals surface area contributed by atoms with Crippen LogP contribution in [-0.2, 0) is 19.4 Å². The number of carbonyl (C=O) groups is 1. The van der Waals surface area contributed by atoms with Crippen molar-refractivity contribution < 1.29 is 22.7 Å². The summed E-state index contributed by atoms with van der Waals surface area (Å²) < 4.78 is 33.6. The molecule has 2 aliphatic rings. The van der Waals surface area contributed by atoms with Crippen molar-refractivity contribution in [2.45, 2.75) is 12.8 Å². The Kier molecular flexibility index (Phi) is 4.32. The number of esters is 1. The number of carbonyl (C=O) groups excluding carboxylic acids is 1. The molecule has 0 N–H and O–H groups in total. The van der Waals surface area contributed by atoms with Gasteiger partial charge in [-0.15, -0.1) is 0 Å². The average Bonchev–Trinajstić information content (AvgIpc) is 2.96. The monoisotopic (exact) mass is 346 g/mol. The van der Waals surface area contributed by atoms with Gasteiger partial charge in [0.15, 0.2) is 9.84 Å². The van der Waals surface area contributed by atoms with E-state index in [2.05, 4.69) is 0 Å². The van der Waals surface area contributed by atoms with E-state index >= 15 is 0 Å². The van der Waals surface area contributed by atoms with Crippen LogP contribution < -0.4 is 4.74 Å². The average molecular weight is 346 g/mol. The third-order valence-corrected chi connectivity index (χ3v) is 5.50. The fourth-order valence-corrected chi connectivity index (χ4v) is 3.67. The Hall–Kier alpha value is -2.34. The minimum Gasteiger partial charge on any atom is -0.497 e. The first-order chi connectivity index (χ1) is 11.4. The molecule has 1 aliphatic heterocycles. The Morgan fingerprint density at radius 1 is 1.08 bits per heavy atom. The summed E-state index contributed by atoms with van der Waals surface area (Å²) in [6.07, 6.45) is 5.63. The SMILES string of the molecule is COc1ccc(C2=C(C3=CC=C(S(C)(=O)=O)CC3)COC2=O)cc1. The van der Waals surface area contributed by atoms with Gasteiger partial charge >= 0.3 is 5.97 Å². The lowest BCUT2D eigenvalue weighted by Crippen LogP contribution is -2.06. The van der Waals surface area contributed by atoms with E-state index in [0.29, 0.717) is 29.1 Å². The van der Waals surface area contributed by atoms with Crippen molar-refractivity contribution in [3.05, 3.63) is 58.0 Å². The van der Waals surface area contributed by atoms with Crippen molar-refractivity contribution in [1.29, 1.82) is 0 Å². The van der Waals surface area contributed by atoms with Crippen LogP contribution in [0.2, 0.25) is 0 Å². The number of allylic oxidation sites excluding steroid dienone is 3. The zero-order valence-electron chi connectivity index (χ0n) is 13.5. The molecule has 0 saturated heterocycles. The van der Waals surface area contributed by atoms with Gasteiger partial charge in [0.25, 0.3) is 0 Å². The van der Waals surface area contributed by atoms with Gasteiger partial charge < -0.3 is 9.47 Å². The van der Waals surface area contributed by atoms with E-state index in [9.17, 15) is 13.2 Å². The van der Waals surface area contributed by atoms with Crippen LogP contribution in [0, 0.1) is 0 Å². The van der Waals surface area contributed by atoms with Gasteiger partial charge in [0.2, 0.25) is 0 Å². The Balaban J connectivity index is 2.01. The molecular weight excluding hydrogens is 328 g/mol. The highest BCUT2D eigenvalue weighted by Crippen LogP contribution is 2.35. The van der Waals surface area contributed by atoms with Crippen LogP contribution >= 0.6 is 0 Å². The zero-order valence-corrected chi connectivity index (χ0v) is 14.4. The number of hydrogen-bond donors (Lipinski definition) is 0. The van der Waals surface area contributed by atoms with Gasteiger partial charge in [-0.1, -0.05) is 18.2 Å². The van der Waals surface area contributed by atoms with Gasteiger partial charge in [-0.05, 0) is 42.2 Å². The molecule has 6 heteroatoms. The summed E-state index contributed by atoms with van der Waals surface area (Å²) in [5.41, 5.74) is 3.08. The number of cyclic esters (lactones) is 1. The van der Waals surface area contributed by atoms with Crippen LogP contribution in [0.1, 0.15) is 18.4 Å². The van der Waals surface area contributed by atoms with E-state index in [1.165, 1.54) is 6.26 Å². The smallest absolute Gasteiger partial charge is 0.339 e. The van der Waals surface area contributed by atoms with E-state index in [1.807, 2.05) is 12.1 Å².